The standard InChI is InChI=1S/C23H32N6O2/c1-18-8-7-9-19(16-18)28-14-12-27(13-15-28)10-5-4-6-11-29-17-24-21-20(29)22(30)26(3)23(31)25(21)2/h7-9,16-17H,4-6,10-15H2,1-3H3. The lowest BCUT2D eigenvalue weighted by atomic mass is 10.1. The fraction of sp³-hybridized carbons (Fsp3) is 0.522. The number of aromatic nitrogens is 4. The second kappa shape index (κ2) is 9.09. The fourth-order valence-electron chi connectivity index (χ4n) is 4.42. The zero-order valence-corrected chi connectivity index (χ0v) is 18.8. The average molecular weight is 425 g/mol. The summed E-state index contributed by atoms with van der Waals surface area (Å²) in [5.74, 6) is 0. The lowest BCUT2D eigenvalue weighted by Crippen LogP contribution is -2.46. The van der Waals surface area contributed by atoms with E-state index in [2.05, 4.69) is 46.0 Å². The van der Waals surface area contributed by atoms with E-state index in [-0.39, 0.29) is 11.2 Å². The maximum absolute atomic E-state index is 12.5. The summed E-state index contributed by atoms with van der Waals surface area (Å²) in [7, 11) is 3.17. The summed E-state index contributed by atoms with van der Waals surface area (Å²) in [6.45, 7) is 8.35. The van der Waals surface area contributed by atoms with Crippen LogP contribution in [0.15, 0.2) is 40.2 Å². The second-order valence-corrected chi connectivity index (χ2v) is 8.54. The van der Waals surface area contributed by atoms with Gasteiger partial charge in [0.05, 0.1) is 6.33 Å². The van der Waals surface area contributed by atoms with E-state index < -0.39 is 0 Å². The molecule has 0 bridgehead atoms. The van der Waals surface area contributed by atoms with E-state index in [0.717, 1.165) is 63.1 Å². The molecule has 4 rings (SSSR count). The van der Waals surface area contributed by atoms with Gasteiger partial charge in [0.15, 0.2) is 11.2 Å². The Hall–Kier alpha value is -2.87. The third-order valence-corrected chi connectivity index (χ3v) is 6.33. The van der Waals surface area contributed by atoms with Crippen molar-refractivity contribution in [3.05, 3.63) is 57.0 Å². The second-order valence-electron chi connectivity index (χ2n) is 8.54. The molecule has 8 nitrogen and oxygen atoms in total. The first-order valence-electron chi connectivity index (χ1n) is 11.1. The normalized spacial score (nSPS) is 15.1. The zero-order valence-electron chi connectivity index (χ0n) is 18.8. The SMILES string of the molecule is Cc1cccc(N2CCN(CCCCCn3cnc4c3c(=O)n(C)c(=O)n4C)CC2)c1. The number of hydrogen-bond donors (Lipinski definition) is 0. The van der Waals surface area contributed by atoms with Gasteiger partial charge in [-0.1, -0.05) is 18.6 Å². The largest absolute Gasteiger partial charge is 0.369 e. The maximum Gasteiger partial charge on any atom is 0.332 e. The molecular weight excluding hydrogens is 392 g/mol. The van der Waals surface area contributed by atoms with Crippen LogP contribution in [0.3, 0.4) is 0 Å². The smallest absolute Gasteiger partial charge is 0.332 e. The Bertz CT molecular complexity index is 1170. The third kappa shape index (κ3) is 4.44. The van der Waals surface area contributed by atoms with Crippen LogP contribution in [0.25, 0.3) is 11.2 Å². The molecule has 8 heteroatoms. The molecule has 3 aromatic rings. The molecular formula is C23H32N6O2. The summed E-state index contributed by atoms with van der Waals surface area (Å²) in [6.07, 6.45) is 4.91. The van der Waals surface area contributed by atoms with Crippen LogP contribution < -0.4 is 16.1 Å². The van der Waals surface area contributed by atoms with Crippen LogP contribution in [0, 0.1) is 6.92 Å². The van der Waals surface area contributed by atoms with Gasteiger partial charge >= 0.3 is 5.69 Å². The molecule has 1 aliphatic heterocycles. The van der Waals surface area contributed by atoms with E-state index in [0.29, 0.717) is 11.2 Å². The van der Waals surface area contributed by atoms with Gasteiger partial charge in [-0.05, 0) is 44.0 Å². The van der Waals surface area contributed by atoms with Crippen molar-refractivity contribution in [3.8, 4) is 0 Å². The number of nitrogens with zero attached hydrogens (tertiary/aromatic N) is 6. The van der Waals surface area contributed by atoms with E-state index in [9.17, 15) is 9.59 Å². The van der Waals surface area contributed by atoms with Gasteiger partial charge in [0, 0.05) is 52.5 Å². The Morgan fingerprint density at radius 3 is 2.42 bits per heavy atom. The number of unbranched alkanes of at least 4 members (excludes halogenated alkanes) is 2. The molecule has 0 aliphatic carbocycles. The quantitative estimate of drug-likeness (QED) is 0.541. The van der Waals surface area contributed by atoms with Crippen LogP contribution in [-0.4, -0.2) is 56.3 Å². The number of aryl methyl sites for hydroxylation is 3. The number of benzene rings is 1. The molecule has 2 aromatic heterocycles. The van der Waals surface area contributed by atoms with Crippen LogP contribution in [0.2, 0.25) is 0 Å². The van der Waals surface area contributed by atoms with Crippen molar-refractivity contribution in [2.45, 2.75) is 32.7 Å². The first-order chi connectivity index (χ1) is 15.0. The van der Waals surface area contributed by atoms with Crippen LogP contribution in [0.5, 0.6) is 0 Å². The Labute approximate surface area is 182 Å². The monoisotopic (exact) mass is 424 g/mol. The molecule has 0 unspecified atom stereocenters. The summed E-state index contributed by atoms with van der Waals surface area (Å²) in [5, 5.41) is 0. The van der Waals surface area contributed by atoms with Crippen molar-refractivity contribution in [2.75, 3.05) is 37.6 Å². The van der Waals surface area contributed by atoms with Gasteiger partial charge in [-0.3, -0.25) is 18.8 Å². The minimum absolute atomic E-state index is 0.276. The predicted molar refractivity (Wildman–Crippen MR) is 124 cm³/mol. The summed E-state index contributed by atoms with van der Waals surface area (Å²) in [6, 6.07) is 8.75. The molecule has 0 atom stereocenters. The first-order valence-corrected chi connectivity index (χ1v) is 11.1. The van der Waals surface area contributed by atoms with Crippen molar-refractivity contribution >= 4 is 16.9 Å². The van der Waals surface area contributed by atoms with Gasteiger partial charge in [0.25, 0.3) is 5.56 Å². The Kier molecular flexibility index (Phi) is 6.27. The van der Waals surface area contributed by atoms with E-state index >= 15 is 0 Å². The van der Waals surface area contributed by atoms with E-state index in [4.69, 9.17) is 0 Å². The Morgan fingerprint density at radius 2 is 1.68 bits per heavy atom. The van der Waals surface area contributed by atoms with Crippen molar-refractivity contribution in [3.63, 3.8) is 0 Å². The highest BCUT2D eigenvalue weighted by atomic mass is 16.2. The first kappa shape index (κ1) is 21.4. The van der Waals surface area contributed by atoms with Gasteiger partial charge in [0.2, 0.25) is 0 Å². The third-order valence-electron chi connectivity index (χ3n) is 6.33. The molecule has 0 spiro atoms. The lowest BCUT2D eigenvalue weighted by molar-refractivity contribution is 0.251. The molecule has 31 heavy (non-hydrogen) atoms. The Balaban J connectivity index is 1.24. The van der Waals surface area contributed by atoms with Gasteiger partial charge in [0.1, 0.15) is 0 Å². The molecule has 166 valence electrons. The van der Waals surface area contributed by atoms with E-state index in [1.165, 1.54) is 22.9 Å². The highest BCUT2D eigenvalue weighted by molar-refractivity contribution is 5.69. The predicted octanol–water partition coefficient (Wildman–Crippen LogP) is 1.73. The topological polar surface area (TPSA) is 68.3 Å². The lowest BCUT2D eigenvalue weighted by Gasteiger charge is -2.36. The van der Waals surface area contributed by atoms with E-state index in [1.807, 2.05) is 4.57 Å². The summed E-state index contributed by atoms with van der Waals surface area (Å²) in [4.78, 5) is 33.9. The van der Waals surface area contributed by atoms with E-state index in [1.54, 1.807) is 13.4 Å². The molecule has 0 amide bonds. The van der Waals surface area contributed by atoms with Crippen LogP contribution >= 0.6 is 0 Å². The molecule has 0 radical (unpaired) electrons. The van der Waals surface area contributed by atoms with Crippen molar-refractivity contribution in [1.29, 1.82) is 0 Å². The number of imidazole rings is 1. The zero-order chi connectivity index (χ0) is 22.0. The van der Waals surface area contributed by atoms with Crippen LogP contribution in [0.1, 0.15) is 24.8 Å². The summed E-state index contributed by atoms with van der Waals surface area (Å²) < 4.78 is 4.47. The molecule has 1 fully saturated rings. The van der Waals surface area contributed by atoms with Crippen LogP contribution in [-0.2, 0) is 20.6 Å². The Morgan fingerprint density at radius 1 is 0.935 bits per heavy atom. The van der Waals surface area contributed by atoms with Gasteiger partial charge < -0.3 is 9.47 Å². The summed E-state index contributed by atoms with van der Waals surface area (Å²) >= 11 is 0. The number of anilines is 1. The average Bonchev–Trinajstić information content (AvgIpc) is 3.20. The van der Waals surface area contributed by atoms with Gasteiger partial charge in [-0.15, -0.1) is 0 Å². The number of hydrogen-bond acceptors (Lipinski definition) is 5. The van der Waals surface area contributed by atoms with Crippen molar-refractivity contribution in [1.82, 2.24) is 23.6 Å². The molecule has 3 heterocycles. The van der Waals surface area contributed by atoms with Crippen molar-refractivity contribution in [2.24, 2.45) is 14.1 Å². The van der Waals surface area contributed by atoms with Gasteiger partial charge in [-0.25, -0.2) is 9.78 Å². The maximum atomic E-state index is 12.5. The highest BCUT2D eigenvalue weighted by Crippen LogP contribution is 2.18. The molecule has 1 aromatic carbocycles. The fourth-order valence-corrected chi connectivity index (χ4v) is 4.42. The number of fused-ring (bicyclic) bond motifs is 1. The number of rotatable bonds is 7. The minimum atomic E-state index is -0.342. The molecule has 0 N–H and O–H groups in total. The molecule has 0 saturated carbocycles. The van der Waals surface area contributed by atoms with Gasteiger partial charge in [-0.2, -0.15) is 0 Å². The van der Waals surface area contributed by atoms with Crippen molar-refractivity contribution < 1.29 is 0 Å². The number of piperazine rings is 1. The summed E-state index contributed by atoms with van der Waals surface area (Å²) in [5.41, 5.74) is 2.99. The minimum Gasteiger partial charge on any atom is -0.369 e. The highest BCUT2D eigenvalue weighted by Gasteiger charge is 2.17. The molecule has 1 aliphatic rings. The van der Waals surface area contributed by atoms with Crippen LogP contribution in [0.4, 0.5) is 5.69 Å². The molecule has 1 saturated heterocycles.